The molecule has 0 amide bonds. The molecule has 3 heteroatoms. The van der Waals surface area contributed by atoms with Crippen molar-refractivity contribution in [1.82, 2.24) is 9.97 Å². The van der Waals surface area contributed by atoms with Crippen LogP contribution in [0.3, 0.4) is 0 Å². The first-order valence-electron chi connectivity index (χ1n) is 3.70. The van der Waals surface area contributed by atoms with Crippen molar-refractivity contribution in [3.05, 3.63) is 23.3 Å². The number of nitrogens with zero attached hydrogens (tertiary/aromatic N) is 2. The van der Waals surface area contributed by atoms with E-state index in [-0.39, 0.29) is 0 Å². The van der Waals surface area contributed by atoms with Crippen LogP contribution in [0.5, 0.6) is 0 Å². The van der Waals surface area contributed by atoms with Gasteiger partial charge in [-0.05, 0) is 19.3 Å². The number of aryl methyl sites for hydroxylation is 2. The van der Waals surface area contributed by atoms with Crippen LogP contribution in [0, 0.1) is 0 Å². The van der Waals surface area contributed by atoms with Crippen LogP contribution in [0.1, 0.15) is 28.3 Å². The molecule has 0 bridgehead atoms. The van der Waals surface area contributed by atoms with Crippen LogP contribution in [0.4, 0.5) is 0 Å². The molecule has 0 saturated carbocycles. The van der Waals surface area contributed by atoms with Crippen molar-refractivity contribution in [2.75, 3.05) is 0 Å². The minimum Gasteiger partial charge on any atom is -0.296 e. The lowest BCUT2D eigenvalue weighted by atomic mass is 10.3. The molecular weight excluding hydrogens is 140 g/mol. The average Bonchev–Trinajstić information content (AvgIpc) is 2.50. The highest BCUT2D eigenvalue weighted by Crippen LogP contribution is 2.16. The fraction of sp³-hybridized carbons (Fsp3) is 0.375. The minimum absolute atomic E-state index is 0.450. The Bertz CT molecular complexity index is 296. The van der Waals surface area contributed by atoms with Crippen molar-refractivity contribution in [3.63, 3.8) is 0 Å². The molecule has 0 atom stereocenters. The highest BCUT2D eigenvalue weighted by atomic mass is 16.1. The first-order valence-corrected chi connectivity index (χ1v) is 3.70. The van der Waals surface area contributed by atoms with Crippen molar-refractivity contribution >= 4 is 6.29 Å². The molecule has 2 rings (SSSR count). The Hall–Kier alpha value is -1.25. The largest absolute Gasteiger partial charge is 0.296 e. The Kier molecular flexibility index (Phi) is 1.42. The van der Waals surface area contributed by atoms with Crippen LogP contribution in [-0.2, 0) is 12.8 Å². The van der Waals surface area contributed by atoms with Crippen molar-refractivity contribution in [2.45, 2.75) is 19.3 Å². The Morgan fingerprint density at radius 2 is 2.18 bits per heavy atom. The molecule has 1 aromatic heterocycles. The average molecular weight is 148 g/mol. The Morgan fingerprint density at radius 1 is 1.36 bits per heavy atom. The van der Waals surface area contributed by atoms with E-state index in [9.17, 15) is 4.79 Å². The highest BCUT2D eigenvalue weighted by molar-refractivity contribution is 5.71. The smallest absolute Gasteiger partial charge is 0.170 e. The molecule has 56 valence electrons. The normalized spacial score (nSPS) is 14.5. The summed E-state index contributed by atoms with van der Waals surface area (Å²) in [5.41, 5.74) is 2.52. The topological polar surface area (TPSA) is 42.9 Å². The van der Waals surface area contributed by atoms with E-state index in [0.29, 0.717) is 5.69 Å². The number of aromatic nitrogens is 2. The molecule has 3 nitrogen and oxygen atoms in total. The minimum atomic E-state index is 0.450. The van der Waals surface area contributed by atoms with E-state index in [1.807, 2.05) is 0 Å². The van der Waals surface area contributed by atoms with E-state index in [2.05, 4.69) is 9.97 Å². The Morgan fingerprint density at radius 3 is 3.00 bits per heavy atom. The van der Waals surface area contributed by atoms with E-state index in [0.717, 1.165) is 36.9 Å². The molecule has 0 saturated heterocycles. The van der Waals surface area contributed by atoms with Gasteiger partial charge in [-0.25, -0.2) is 4.98 Å². The zero-order chi connectivity index (χ0) is 7.68. The van der Waals surface area contributed by atoms with E-state index >= 15 is 0 Å². The number of fused-ring (bicyclic) bond motifs is 1. The van der Waals surface area contributed by atoms with Gasteiger partial charge in [0.25, 0.3) is 0 Å². The number of aldehydes is 1. The third-order valence-corrected chi connectivity index (χ3v) is 1.90. The molecule has 1 aliphatic carbocycles. The van der Waals surface area contributed by atoms with Gasteiger partial charge >= 0.3 is 0 Å². The molecule has 1 heterocycles. The van der Waals surface area contributed by atoms with Gasteiger partial charge < -0.3 is 0 Å². The van der Waals surface area contributed by atoms with E-state index in [1.54, 1.807) is 0 Å². The Balaban J connectivity index is 2.48. The summed E-state index contributed by atoms with van der Waals surface area (Å²) in [5, 5.41) is 0. The summed E-state index contributed by atoms with van der Waals surface area (Å²) in [7, 11) is 0. The van der Waals surface area contributed by atoms with Crippen LogP contribution in [0.2, 0.25) is 0 Å². The predicted octanol–water partition coefficient (Wildman–Crippen LogP) is 0.778. The number of carbonyl (C=O) groups excluding carboxylic acids is 1. The van der Waals surface area contributed by atoms with Crippen LogP contribution in [0.15, 0.2) is 6.20 Å². The van der Waals surface area contributed by atoms with Gasteiger partial charge in [0.05, 0.1) is 17.6 Å². The lowest BCUT2D eigenvalue weighted by Crippen LogP contribution is -1.96. The van der Waals surface area contributed by atoms with Crippen LogP contribution in [0.25, 0.3) is 0 Å². The number of hydrogen-bond acceptors (Lipinski definition) is 3. The summed E-state index contributed by atoms with van der Waals surface area (Å²) in [5.74, 6) is 0. The van der Waals surface area contributed by atoms with Gasteiger partial charge in [-0.15, -0.1) is 0 Å². The molecule has 1 aliphatic rings. The zero-order valence-electron chi connectivity index (χ0n) is 6.08. The second-order valence-electron chi connectivity index (χ2n) is 2.66. The van der Waals surface area contributed by atoms with Crippen LogP contribution in [-0.4, -0.2) is 16.3 Å². The number of hydrogen-bond donors (Lipinski definition) is 0. The molecular formula is C8H8N2O. The van der Waals surface area contributed by atoms with Gasteiger partial charge in [0.15, 0.2) is 6.29 Å². The molecule has 0 radical (unpaired) electrons. The maximum absolute atomic E-state index is 10.3. The summed E-state index contributed by atoms with van der Waals surface area (Å²) < 4.78 is 0. The van der Waals surface area contributed by atoms with Gasteiger partial charge in [0.2, 0.25) is 0 Å². The molecule has 1 aromatic rings. The third kappa shape index (κ3) is 1.02. The fourth-order valence-corrected chi connectivity index (χ4v) is 1.36. The summed E-state index contributed by atoms with van der Waals surface area (Å²) in [6.45, 7) is 0. The second-order valence-corrected chi connectivity index (χ2v) is 2.66. The summed E-state index contributed by atoms with van der Waals surface area (Å²) in [6.07, 6.45) is 5.39. The quantitative estimate of drug-likeness (QED) is 0.552. The molecule has 0 unspecified atom stereocenters. The predicted molar refractivity (Wildman–Crippen MR) is 39.4 cm³/mol. The highest BCUT2D eigenvalue weighted by Gasteiger charge is 2.13. The third-order valence-electron chi connectivity index (χ3n) is 1.90. The lowest BCUT2D eigenvalue weighted by Gasteiger charge is -1.95. The Labute approximate surface area is 64.5 Å². The standard InChI is InChI=1S/C8H8N2O/c11-5-6-4-9-7-2-1-3-8(7)10-6/h4-5H,1-3H2. The monoisotopic (exact) mass is 148 g/mol. The lowest BCUT2D eigenvalue weighted by molar-refractivity contribution is 0.111. The molecule has 0 aromatic carbocycles. The maximum Gasteiger partial charge on any atom is 0.170 e. The molecule has 0 spiro atoms. The fourth-order valence-electron chi connectivity index (χ4n) is 1.36. The van der Waals surface area contributed by atoms with E-state index in [4.69, 9.17) is 0 Å². The van der Waals surface area contributed by atoms with Gasteiger partial charge in [-0.1, -0.05) is 0 Å². The molecule has 0 N–H and O–H groups in total. The number of rotatable bonds is 1. The van der Waals surface area contributed by atoms with Gasteiger partial charge in [-0.3, -0.25) is 9.78 Å². The van der Waals surface area contributed by atoms with Crippen molar-refractivity contribution in [2.24, 2.45) is 0 Å². The van der Waals surface area contributed by atoms with Gasteiger partial charge in [0.1, 0.15) is 5.69 Å². The van der Waals surface area contributed by atoms with Crippen LogP contribution >= 0.6 is 0 Å². The SMILES string of the molecule is O=Cc1cnc2c(n1)CCC2. The summed E-state index contributed by atoms with van der Waals surface area (Å²) in [4.78, 5) is 18.6. The summed E-state index contributed by atoms with van der Waals surface area (Å²) >= 11 is 0. The maximum atomic E-state index is 10.3. The number of carbonyl (C=O) groups is 1. The molecule has 11 heavy (non-hydrogen) atoms. The first kappa shape index (κ1) is 6.46. The van der Waals surface area contributed by atoms with Crippen molar-refractivity contribution < 1.29 is 4.79 Å². The zero-order valence-corrected chi connectivity index (χ0v) is 6.08. The second kappa shape index (κ2) is 2.42. The summed E-state index contributed by atoms with van der Waals surface area (Å²) in [6, 6.07) is 0. The van der Waals surface area contributed by atoms with Gasteiger partial charge in [-0.2, -0.15) is 0 Å². The van der Waals surface area contributed by atoms with Gasteiger partial charge in [0, 0.05) is 0 Å². The van der Waals surface area contributed by atoms with E-state index in [1.165, 1.54) is 6.20 Å². The van der Waals surface area contributed by atoms with Crippen molar-refractivity contribution in [3.8, 4) is 0 Å². The van der Waals surface area contributed by atoms with Crippen molar-refractivity contribution in [1.29, 1.82) is 0 Å². The van der Waals surface area contributed by atoms with Crippen LogP contribution < -0.4 is 0 Å². The molecule has 0 aliphatic heterocycles. The first-order chi connectivity index (χ1) is 5.40. The molecule has 0 fully saturated rings. The van der Waals surface area contributed by atoms with E-state index < -0.39 is 0 Å².